The molecule has 0 aromatic heterocycles. The van der Waals surface area contributed by atoms with Gasteiger partial charge in [0.05, 0.1) is 11.3 Å². The number of nitrogens with two attached hydrogens (primary N) is 1. The number of hydrogen-bond acceptors (Lipinski definition) is 3. The third kappa shape index (κ3) is 0.975. The summed E-state index contributed by atoms with van der Waals surface area (Å²) >= 11 is 0. The van der Waals surface area contributed by atoms with Crippen LogP contribution in [0.3, 0.4) is 0 Å². The molecule has 2 amide bonds. The number of nitrogens with zero attached hydrogens (tertiary/aromatic N) is 2. The van der Waals surface area contributed by atoms with Crippen molar-refractivity contribution >= 4 is 6.03 Å². The van der Waals surface area contributed by atoms with Crippen LogP contribution in [-0.2, 0) is 0 Å². The molecule has 1 aliphatic carbocycles. The van der Waals surface area contributed by atoms with Gasteiger partial charge in [0.15, 0.2) is 0 Å². The van der Waals surface area contributed by atoms with Crippen molar-refractivity contribution in [1.82, 2.24) is 5.01 Å². The molecule has 10 heavy (non-hydrogen) atoms. The fourth-order valence-corrected chi connectivity index (χ4v) is 0.700. The summed E-state index contributed by atoms with van der Waals surface area (Å²) in [5.41, 5.74) is 5.62. The average Bonchev–Trinajstić information content (AvgIpc) is 2.48. The molecule has 0 aromatic carbocycles. The lowest BCUT2D eigenvalue weighted by molar-refractivity contribution is 0.208. The molecule has 1 rings (SSSR count). The highest BCUT2D eigenvalue weighted by Crippen LogP contribution is 2.32. The van der Waals surface area contributed by atoms with Gasteiger partial charge in [-0.2, -0.15) is 5.01 Å². The van der Waals surface area contributed by atoms with E-state index in [-0.39, 0.29) is 6.04 Å². The minimum Gasteiger partial charge on any atom is -0.350 e. The maximum Gasteiger partial charge on any atom is 0.338 e. The van der Waals surface area contributed by atoms with Crippen LogP contribution in [0, 0.1) is 4.91 Å². The second kappa shape index (κ2) is 2.09. The number of nitroso groups, excluding NO2 is 1. The van der Waals surface area contributed by atoms with Crippen molar-refractivity contribution in [2.45, 2.75) is 12.5 Å². The minimum atomic E-state index is -0.821. The molecular weight excluding hydrogens is 134 g/mol. The second-order valence-corrected chi connectivity index (χ2v) is 2.14. The molecule has 0 heterocycles. The molecule has 5 nitrogen and oxygen atoms in total. The normalized spacial score (nSPS) is 22.0. The van der Waals surface area contributed by atoms with Crippen molar-refractivity contribution in [2.75, 3.05) is 0 Å². The van der Waals surface area contributed by atoms with Crippen molar-refractivity contribution in [3.05, 3.63) is 17.1 Å². The molecule has 1 unspecified atom stereocenters. The largest absolute Gasteiger partial charge is 0.350 e. The van der Waals surface area contributed by atoms with E-state index in [1.807, 2.05) is 0 Å². The highest BCUT2D eigenvalue weighted by atomic mass is 16.3. The first-order valence-electron chi connectivity index (χ1n) is 2.76. The zero-order valence-corrected chi connectivity index (χ0v) is 5.28. The monoisotopic (exact) mass is 141 g/mol. The Morgan fingerprint density at radius 3 is 2.50 bits per heavy atom. The van der Waals surface area contributed by atoms with Gasteiger partial charge in [-0.1, -0.05) is 6.58 Å². The summed E-state index contributed by atoms with van der Waals surface area (Å²) < 4.78 is 0. The summed E-state index contributed by atoms with van der Waals surface area (Å²) in [5.74, 6) is 0. The number of primary amides is 1. The molecule has 5 heteroatoms. The molecule has 1 aliphatic rings. The Morgan fingerprint density at radius 2 is 2.40 bits per heavy atom. The van der Waals surface area contributed by atoms with Crippen LogP contribution >= 0.6 is 0 Å². The Kier molecular flexibility index (Phi) is 1.41. The van der Waals surface area contributed by atoms with E-state index in [0.717, 1.165) is 5.57 Å². The number of amides is 2. The molecule has 1 atom stereocenters. The van der Waals surface area contributed by atoms with Gasteiger partial charge in [0, 0.05) is 0 Å². The first-order chi connectivity index (χ1) is 4.66. The molecular formula is C5H7N3O2. The summed E-state index contributed by atoms with van der Waals surface area (Å²) in [4.78, 5) is 20.3. The van der Waals surface area contributed by atoms with E-state index in [4.69, 9.17) is 5.73 Å². The van der Waals surface area contributed by atoms with Gasteiger partial charge < -0.3 is 5.73 Å². The van der Waals surface area contributed by atoms with Gasteiger partial charge in [0.2, 0.25) is 0 Å². The molecule has 0 bridgehead atoms. The van der Waals surface area contributed by atoms with E-state index < -0.39 is 6.03 Å². The van der Waals surface area contributed by atoms with Crippen LogP contribution in [-0.4, -0.2) is 17.1 Å². The maximum absolute atomic E-state index is 10.4. The van der Waals surface area contributed by atoms with Crippen molar-refractivity contribution < 1.29 is 4.79 Å². The zero-order valence-electron chi connectivity index (χ0n) is 5.28. The van der Waals surface area contributed by atoms with Crippen LogP contribution in [0.15, 0.2) is 17.4 Å². The lowest BCUT2D eigenvalue weighted by Gasteiger charge is -2.05. The van der Waals surface area contributed by atoms with Gasteiger partial charge in [-0.25, -0.2) is 4.79 Å². The Hall–Kier alpha value is -1.39. The van der Waals surface area contributed by atoms with E-state index in [9.17, 15) is 9.70 Å². The van der Waals surface area contributed by atoms with Crippen LogP contribution in [0.1, 0.15) is 6.42 Å². The summed E-state index contributed by atoms with van der Waals surface area (Å²) in [6, 6.07) is -1.06. The van der Waals surface area contributed by atoms with Crippen molar-refractivity contribution in [3.8, 4) is 0 Å². The summed E-state index contributed by atoms with van der Waals surface area (Å²) in [5, 5.41) is 3.14. The lowest BCUT2D eigenvalue weighted by Crippen LogP contribution is -2.32. The number of carbonyl (C=O) groups is 1. The molecule has 0 aliphatic heterocycles. The van der Waals surface area contributed by atoms with Gasteiger partial charge in [0.25, 0.3) is 0 Å². The summed E-state index contributed by atoms with van der Waals surface area (Å²) in [6.07, 6.45) is 0.634. The molecule has 1 saturated carbocycles. The van der Waals surface area contributed by atoms with Gasteiger partial charge in [-0.15, -0.1) is 4.91 Å². The predicted octanol–water partition coefficient (Wildman–Crippen LogP) is 0.377. The Labute approximate surface area is 57.4 Å². The molecule has 1 fully saturated rings. The minimum absolute atomic E-state index is 0.241. The second-order valence-electron chi connectivity index (χ2n) is 2.14. The molecule has 54 valence electrons. The predicted molar refractivity (Wildman–Crippen MR) is 34.8 cm³/mol. The van der Waals surface area contributed by atoms with Gasteiger partial charge in [-0.05, 0) is 12.0 Å². The number of carbonyl (C=O) groups excluding carboxylic acids is 1. The van der Waals surface area contributed by atoms with Crippen molar-refractivity contribution in [3.63, 3.8) is 0 Å². The third-order valence-electron chi connectivity index (χ3n) is 1.38. The van der Waals surface area contributed by atoms with E-state index >= 15 is 0 Å². The Bertz CT molecular complexity index is 201. The average molecular weight is 141 g/mol. The van der Waals surface area contributed by atoms with Crippen LogP contribution in [0.2, 0.25) is 0 Å². The fourth-order valence-electron chi connectivity index (χ4n) is 0.700. The zero-order chi connectivity index (χ0) is 7.72. The quantitative estimate of drug-likeness (QED) is 0.343. The number of hydrogen-bond donors (Lipinski definition) is 1. The molecule has 0 radical (unpaired) electrons. The topological polar surface area (TPSA) is 75.8 Å². The van der Waals surface area contributed by atoms with Crippen molar-refractivity contribution in [2.24, 2.45) is 11.0 Å². The molecule has 2 N–H and O–H groups in total. The Morgan fingerprint density at radius 1 is 1.90 bits per heavy atom. The maximum atomic E-state index is 10.4. The molecule has 0 saturated heterocycles. The van der Waals surface area contributed by atoms with Gasteiger partial charge >= 0.3 is 6.03 Å². The molecule has 0 aromatic rings. The lowest BCUT2D eigenvalue weighted by atomic mass is 10.6. The Balaban J connectivity index is 2.58. The highest BCUT2D eigenvalue weighted by Gasteiger charge is 2.37. The number of urea groups is 1. The van der Waals surface area contributed by atoms with Crippen LogP contribution < -0.4 is 5.73 Å². The van der Waals surface area contributed by atoms with E-state index in [1.54, 1.807) is 0 Å². The summed E-state index contributed by atoms with van der Waals surface area (Å²) in [6.45, 7) is 3.55. The van der Waals surface area contributed by atoms with Gasteiger partial charge in [0.1, 0.15) is 0 Å². The highest BCUT2D eigenvalue weighted by molar-refractivity contribution is 5.73. The third-order valence-corrected chi connectivity index (χ3v) is 1.38. The van der Waals surface area contributed by atoms with Crippen LogP contribution in [0.5, 0.6) is 0 Å². The van der Waals surface area contributed by atoms with Crippen LogP contribution in [0.25, 0.3) is 0 Å². The van der Waals surface area contributed by atoms with Crippen LogP contribution in [0.4, 0.5) is 4.79 Å². The van der Waals surface area contributed by atoms with Gasteiger partial charge in [-0.3, -0.25) is 0 Å². The van der Waals surface area contributed by atoms with E-state index in [2.05, 4.69) is 11.9 Å². The van der Waals surface area contributed by atoms with E-state index in [1.165, 1.54) is 0 Å². The molecule has 0 spiro atoms. The fraction of sp³-hybridized carbons (Fsp3) is 0.400. The number of rotatable bonds is 2. The standard InChI is InChI=1S/C5H7N3O2/c1-3-2-4(3)8(7-10)5(6)9/h4H,1-2H2,(H2,6,9). The first-order valence-corrected chi connectivity index (χ1v) is 2.76. The SMILES string of the molecule is C=C1CC1N(N=O)C(N)=O. The van der Waals surface area contributed by atoms with E-state index in [0.29, 0.717) is 11.4 Å². The first kappa shape index (κ1) is 6.73. The smallest absolute Gasteiger partial charge is 0.338 e. The summed E-state index contributed by atoms with van der Waals surface area (Å²) in [7, 11) is 0. The van der Waals surface area contributed by atoms with Crippen molar-refractivity contribution in [1.29, 1.82) is 0 Å².